The molecule has 0 bridgehead atoms. The van der Waals surface area contributed by atoms with E-state index in [1.54, 1.807) is 37.4 Å². The van der Waals surface area contributed by atoms with Crippen molar-refractivity contribution in [1.29, 1.82) is 0 Å². The fourth-order valence-corrected chi connectivity index (χ4v) is 1.84. The van der Waals surface area contributed by atoms with Gasteiger partial charge in [0.1, 0.15) is 11.5 Å². The molecule has 2 N–H and O–H groups in total. The first-order chi connectivity index (χ1) is 10.2. The first-order valence-corrected chi connectivity index (χ1v) is 6.16. The number of nitrogens with zero attached hydrogens (tertiary/aromatic N) is 3. The molecular formula is C14H12N4O3. The maximum absolute atomic E-state index is 12.1. The van der Waals surface area contributed by atoms with Gasteiger partial charge in [0.15, 0.2) is 5.65 Å². The van der Waals surface area contributed by atoms with E-state index in [4.69, 9.17) is 4.74 Å². The Kier molecular flexibility index (Phi) is 3.15. The fraction of sp³-hybridized carbons (Fsp3) is 0.0714. The number of aromatic hydroxyl groups is 1. The topological polar surface area (TPSA) is 88.8 Å². The van der Waals surface area contributed by atoms with E-state index >= 15 is 0 Å². The summed E-state index contributed by atoms with van der Waals surface area (Å²) in [6.45, 7) is 0. The number of anilines is 1. The third kappa shape index (κ3) is 2.62. The van der Waals surface area contributed by atoms with Gasteiger partial charge in [-0.25, -0.2) is 4.52 Å². The van der Waals surface area contributed by atoms with Gasteiger partial charge in [-0.05, 0) is 36.4 Å². The quantitative estimate of drug-likeness (QED) is 0.764. The average Bonchev–Trinajstić information content (AvgIpc) is 2.88. The summed E-state index contributed by atoms with van der Waals surface area (Å²) in [5.74, 6) is 0.590. The lowest BCUT2D eigenvalue weighted by Crippen LogP contribution is -2.12. The van der Waals surface area contributed by atoms with E-state index in [1.165, 1.54) is 16.8 Å². The number of carbonyl (C=O) groups is 1. The van der Waals surface area contributed by atoms with Crippen LogP contribution in [-0.4, -0.2) is 32.7 Å². The number of amides is 1. The van der Waals surface area contributed by atoms with E-state index in [0.717, 1.165) is 0 Å². The third-order valence-corrected chi connectivity index (χ3v) is 2.89. The molecule has 0 atom stereocenters. The Hall–Kier alpha value is -3.09. The van der Waals surface area contributed by atoms with Gasteiger partial charge in [-0.3, -0.25) is 10.1 Å². The molecule has 7 heteroatoms. The second-order valence-corrected chi connectivity index (χ2v) is 4.31. The normalized spacial score (nSPS) is 10.5. The van der Waals surface area contributed by atoms with Crippen LogP contribution in [0.2, 0.25) is 0 Å². The number of rotatable bonds is 3. The summed E-state index contributed by atoms with van der Waals surface area (Å²) in [7, 11) is 1.56. The molecule has 1 aromatic carbocycles. The Labute approximate surface area is 119 Å². The van der Waals surface area contributed by atoms with Gasteiger partial charge in [-0.15, -0.1) is 5.10 Å². The lowest BCUT2D eigenvalue weighted by atomic mass is 10.2. The number of nitrogens with one attached hydrogen (secondary N) is 1. The Morgan fingerprint density at radius 1 is 1.24 bits per heavy atom. The molecule has 0 radical (unpaired) electrons. The minimum atomic E-state index is -0.321. The van der Waals surface area contributed by atoms with Crippen LogP contribution in [0.1, 0.15) is 10.4 Å². The number of hydrogen-bond donors (Lipinski definition) is 2. The summed E-state index contributed by atoms with van der Waals surface area (Å²) >= 11 is 0. The van der Waals surface area contributed by atoms with Crippen molar-refractivity contribution >= 4 is 17.5 Å². The zero-order valence-electron chi connectivity index (χ0n) is 11.1. The van der Waals surface area contributed by atoms with Crippen LogP contribution >= 0.6 is 0 Å². The summed E-state index contributed by atoms with van der Waals surface area (Å²) in [5.41, 5.74) is 0.996. The monoisotopic (exact) mass is 284 g/mol. The summed E-state index contributed by atoms with van der Waals surface area (Å²) < 4.78 is 6.42. The Morgan fingerprint density at radius 2 is 2.00 bits per heavy atom. The molecule has 0 aliphatic rings. The number of ether oxygens (including phenoxy) is 1. The molecule has 0 saturated carbocycles. The Morgan fingerprint density at radius 3 is 2.71 bits per heavy atom. The Bertz CT molecular complexity index is 796. The number of carbonyl (C=O) groups excluding carboxylic acids is 1. The minimum Gasteiger partial charge on any atom is -0.506 e. The van der Waals surface area contributed by atoms with Crippen LogP contribution in [-0.2, 0) is 0 Å². The average molecular weight is 284 g/mol. The van der Waals surface area contributed by atoms with Crippen molar-refractivity contribution in [3.8, 4) is 11.5 Å². The molecule has 0 saturated heterocycles. The Balaban J connectivity index is 1.81. The predicted octanol–water partition coefficient (Wildman–Crippen LogP) is 1.70. The molecular weight excluding hydrogens is 272 g/mol. The van der Waals surface area contributed by atoms with Gasteiger partial charge in [0, 0.05) is 5.56 Å². The zero-order valence-corrected chi connectivity index (χ0v) is 11.1. The molecule has 0 aliphatic heterocycles. The molecule has 2 aromatic heterocycles. The van der Waals surface area contributed by atoms with Crippen molar-refractivity contribution in [2.75, 3.05) is 12.4 Å². The van der Waals surface area contributed by atoms with Gasteiger partial charge in [0.05, 0.1) is 13.3 Å². The second-order valence-electron chi connectivity index (χ2n) is 4.31. The summed E-state index contributed by atoms with van der Waals surface area (Å²) in [5, 5.41) is 16.0. The molecule has 1 amide bonds. The van der Waals surface area contributed by atoms with Crippen molar-refractivity contribution in [2.45, 2.75) is 0 Å². The molecule has 3 aromatic rings. The molecule has 2 heterocycles. The number of benzene rings is 1. The predicted molar refractivity (Wildman–Crippen MR) is 75.6 cm³/mol. The summed E-state index contributed by atoms with van der Waals surface area (Å²) in [6, 6.07) is 9.80. The smallest absolute Gasteiger partial charge is 0.258 e. The van der Waals surface area contributed by atoms with Crippen molar-refractivity contribution < 1.29 is 14.6 Å². The SMILES string of the molecule is COc1ccc(C(=O)Nc2nc3ccc(O)cn3n2)cc1. The molecule has 106 valence electrons. The molecule has 3 rings (SSSR count). The van der Waals surface area contributed by atoms with Gasteiger partial charge in [0.2, 0.25) is 5.95 Å². The largest absolute Gasteiger partial charge is 0.506 e. The van der Waals surface area contributed by atoms with Crippen LogP contribution in [0.3, 0.4) is 0 Å². The summed E-state index contributed by atoms with van der Waals surface area (Å²) in [6.07, 6.45) is 1.41. The number of fused-ring (bicyclic) bond motifs is 1. The maximum Gasteiger partial charge on any atom is 0.258 e. The highest BCUT2D eigenvalue weighted by molar-refractivity contribution is 6.03. The molecule has 7 nitrogen and oxygen atoms in total. The van der Waals surface area contributed by atoms with Gasteiger partial charge >= 0.3 is 0 Å². The molecule has 0 aliphatic carbocycles. The van der Waals surface area contributed by atoms with Gasteiger partial charge < -0.3 is 9.84 Å². The highest BCUT2D eigenvalue weighted by Crippen LogP contribution is 2.14. The number of hydrogen-bond acceptors (Lipinski definition) is 5. The van der Waals surface area contributed by atoms with Crippen molar-refractivity contribution in [3.63, 3.8) is 0 Å². The van der Waals surface area contributed by atoms with Gasteiger partial charge in [-0.2, -0.15) is 4.98 Å². The van der Waals surface area contributed by atoms with Gasteiger partial charge in [0.25, 0.3) is 5.91 Å². The van der Waals surface area contributed by atoms with E-state index < -0.39 is 0 Å². The first-order valence-electron chi connectivity index (χ1n) is 6.16. The van der Waals surface area contributed by atoms with E-state index in [2.05, 4.69) is 15.4 Å². The lowest BCUT2D eigenvalue weighted by molar-refractivity contribution is 0.102. The fourth-order valence-electron chi connectivity index (χ4n) is 1.84. The number of pyridine rings is 1. The van der Waals surface area contributed by atoms with Crippen LogP contribution in [0.25, 0.3) is 5.65 Å². The van der Waals surface area contributed by atoms with Crippen LogP contribution in [0, 0.1) is 0 Å². The van der Waals surface area contributed by atoms with Gasteiger partial charge in [-0.1, -0.05) is 0 Å². The van der Waals surface area contributed by atoms with E-state index in [1.807, 2.05) is 0 Å². The maximum atomic E-state index is 12.1. The first kappa shape index (κ1) is 12.9. The van der Waals surface area contributed by atoms with Crippen LogP contribution < -0.4 is 10.1 Å². The molecule has 0 fully saturated rings. The third-order valence-electron chi connectivity index (χ3n) is 2.89. The molecule has 21 heavy (non-hydrogen) atoms. The van der Waals surface area contributed by atoms with E-state index in [-0.39, 0.29) is 17.6 Å². The highest BCUT2D eigenvalue weighted by atomic mass is 16.5. The standard InChI is InChI=1S/C14H12N4O3/c1-21-11-5-2-9(3-6-11)13(20)16-14-15-12-7-4-10(19)8-18(12)17-14/h2-8,19H,1H3,(H,16,17,20). The highest BCUT2D eigenvalue weighted by Gasteiger charge is 2.10. The van der Waals surface area contributed by atoms with E-state index in [9.17, 15) is 9.90 Å². The van der Waals surface area contributed by atoms with Crippen LogP contribution in [0.5, 0.6) is 11.5 Å². The van der Waals surface area contributed by atoms with Crippen LogP contribution in [0.4, 0.5) is 5.95 Å². The minimum absolute atomic E-state index is 0.0698. The van der Waals surface area contributed by atoms with Crippen molar-refractivity contribution in [1.82, 2.24) is 14.6 Å². The van der Waals surface area contributed by atoms with Crippen LogP contribution in [0.15, 0.2) is 42.6 Å². The number of methoxy groups -OCH3 is 1. The summed E-state index contributed by atoms with van der Waals surface area (Å²) in [4.78, 5) is 16.2. The lowest BCUT2D eigenvalue weighted by Gasteiger charge is -2.02. The van der Waals surface area contributed by atoms with Crippen molar-refractivity contribution in [2.24, 2.45) is 0 Å². The van der Waals surface area contributed by atoms with Crippen molar-refractivity contribution in [3.05, 3.63) is 48.2 Å². The number of aromatic nitrogens is 3. The zero-order chi connectivity index (χ0) is 14.8. The molecule has 0 unspecified atom stereocenters. The molecule has 0 spiro atoms. The second kappa shape index (κ2) is 5.12. The van der Waals surface area contributed by atoms with E-state index in [0.29, 0.717) is 17.0 Å².